The lowest BCUT2D eigenvalue weighted by molar-refractivity contribution is -0.130. The van der Waals surface area contributed by atoms with Crippen LogP contribution in [0.25, 0.3) is 0 Å². The first-order valence-electron chi connectivity index (χ1n) is 7.21. The molecule has 1 aliphatic heterocycles. The van der Waals surface area contributed by atoms with Gasteiger partial charge in [-0.25, -0.2) is 9.97 Å². The van der Waals surface area contributed by atoms with E-state index in [1.807, 2.05) is 0 Å². The zero-order valence-electron chi connectivity index (χ0n) is 12.9. The highest BCUT2D eigenvalue weighted by Gasteiger charge is 2.24. The molecule has 8 heteroatoms. The molecule has 0 spiro atoms. The molecule has 0 atom stereocenters. The Morgan fingerprint density at radius 3 is 2.55 bits per heavy atom. The number of hydrogen-bond acceptors (Lipinski definition) is 6. The van der Waals surface area contributed by atoms with Gasteiger partial charge in [-0.1, -0.05) is 0 Å². The van der Waals surface area contributed by atoms with Crippen molar-refractivity contribution in [3.05, 3.63) is 18.1 Å². The predicted octanol–water partition coefficient (Wildman–Crippen LogP) is -0.161. The van der Waals surface area contributed by atoms with Gasteiger partial charge in [0.25, 0.3) is 5.91 Å². The third-order valence-electron chi connectivity index (χ3n) is 3.51. The maximum atomic E-state index is 12.4. The van der Waals surface area contributed by atoms with E-state index in [1.54, 1.807) is 29.9 Å². The average molecular weight is 307 g/mol. The van der Waals surface area contributed by atoms with Crippen LogP contribution in [0.2, 0.25) is 0 Å². The van der Waals surface area contributed by atoms with Gasteiger partial charge in [-0.3, -0.25) is 9.59 Å². The Bertz CT molecular complexity index is 529. The van der Waals surface area contributed by atoms with Crippen LogP contribution in [0, 0.1) is 0 Å². The number of methoxy groups -OCH3 is 1. The van der Waals surface area contributed by atoms with Crippen molar-refractivity contribution in [2.24, 2.45) is 0 Å². The van der Waals surface area contributed by atoms with Crippen LogP contribution in [0.15, 0.2) is 12.4 Å². The van der Waals surface area contributed by atoms with Crippen molar-refractivity contribution in [3.8, 4) is 0 Å². The minimum absolute atomic E-state index is 0.0405. The number of carbonyl (C=O) groups excluding carboxylic acids is 2. The zero-order chi connectivity index (χ0) is 15.9. The van der Waals surface area contributed by atoms with Crippen LogP contribution in [0.4, 0.5) is 5.82 Å². The molecular weight excluding hydrogens is 286 g/mol. The monoisotopic (exact) mass is 307 g/mol. The van der Waals surface area contributed by atoms with Gasteiger partial charge >= 0.3 is 0 Å². The van der Waals surface area contributed by atoms with Crippen LogP contribution < -0.4 is 5.32 Å². The second kappa shape index (κ2) is 7.69. The van der Waals surface area contributed by atoms with Crippen LogP contribution in [-0.2, 0) is 9.53 Å². The fraction of sp³-hybridized carbons (Fsp3) is 0.571. The van der Waals surface area contributed by atoms with Crippen molar-refractivity contribution in [2.75, 3.05) is 51.8 Å². The van der Waals surface area contributed by atoms with Gasteiger partial charge in [-0.05, 0) is 0 Å². The van der Waals surface area contributed by atoms with Gasteiger partial charge in [-0.15, -0.1) is 0 Å². The first-order chi connectivity index (χ1) is 10.6. The molecule has 1 aromatic heterocycles. The number of amides is 2. The lowest BCUT2D eigenvalue weighted by Crippen LogP contribution is -2.50. The number of hydrogen-bond donors (Lipinski definition) is 1. The molecule has 1 aliphatic rings. The number of carbonyl (C=O) groups is 2. The van der Waals surface area contributed by atoms with Gasteiger partial charge in [0, 0.05) is 52.8 Å². The third-order valence-corrected chi connectivity index (χ3v) is 3.51. The summed E-state index contributed by atoms with van der Waals surface area (Å²) < 4.78 is 4.95. The molecule has 0 radical (unpaired) electrons. The Kier molecular flexibility index (Phi) is 5.65. The molecule has 0 aromatic carbocycles. The minimum Gasteiger partial charge on any atom is -0.383 e. The quantitative estimate of drug-likeness (QED) is 0.761. The molecule has 22 heavy (non-hydrogen) atoms. The largest absolute Gasteiger partial charge is 0.383 e. The summed E-state index contributed by atoms with van der Waals surface area (Å²) in [4.78, 5) is 35.3. The third kappa shape index (κ3) is 4.14. The van der Waals surface area contributed by atoms with Crippen LogP contribution in [0.5, 0.6) is 0 Å². The fourth-order valence-corrected chi connectivity index (χ4v) is 2.24. The van der Waals surface area contributed by atoms with Crippen LogP contribution in [0.3, 0.4) is 0 Å². The Hall–Kier alpha value is -2.22. The molecule has 8 nitrogen and oxygen atoms in total. The highest BCUT2D eigenvalue weighted by molar-refractivity contribution is 5.93. The van der Waals surface area contributed by atoms with Crippen molar-refractivity contribution in [1.82, 2.24) is 19.8 Å². The summed E-state index contributed by atoms with van der Waals surface area (Å²) >= 11 is 0. The molecular formula is C14H21N5O3. The summed E-state index contributed by atoms with van der Waals surface area (Å²) in [5.41, 5.74) is 0.353. The van der Waals surface area contributed by atoms with Crippen molar-refractivity contribution < 1.29 is 14.3 Å². The van der Waals surface area contributed by atoms with Crippen molar-refractivity contribution in [3.63, 3.8) is 0 Å². The Morgan fingerprint density at radius 2 is 1.91 bits per heavy atom. The highest BCUT2D eigenvalue weighted by Crippen LogP contribution is 2.10. The maximum Gasteiger partial charge on any atom is 0.272 e. The second-order valence-corrected chi connectivity index (χ2v) is 5.01. The molecule has 0 unspecified atom stereocenters. The first kappa shape index (κ1) is 16.2. The second-order valence-electron chi connectivity index (χ2n) is 5.01. The number of piperazine rings is 1. The molecule has 0 aliphatic carbocycles. The van der Waals surface area contributed by atoms with Gasteiger partial charge in [-0.2, -0.15) is 0 Å². The lowest BCUT2D eigenvalue weighted by Gasteiger charge is -2.34. The fourth-order valence-electron chi connectivity index (χ4n) is 2.24. The van der Waals surface area contributed by atoms with Crippen molar-refractivity contribution >= 4 is 17.6 Å². The van der Waals surface area contributed by atoms with Gasteiger partial charge < -0.3 is 19.9 Å². The summed E-state index contributed by atoms with van der Waals surface area (Å²) in [6.45, 7) is 4.87. The van der Waals surface area contributed by atoms with E-state index in [4.69, 9.17) is 4.74 Å². The number of nitrogens with one attached hydrogen (secondary N) is 1. The number of rotatable bonds is 5. The SMILES string of the molecule is COCCNc1cc(C(=O)N2CCN(C(C)=O)CC2)ncn1. The van der Waals surface area contributed by atoms with E-state index in [2.05, 4.69) is 15.3 Å². The predicted molar refractivity (Wildman–Crippen MR) is 80.6 cm³/mol. The molecule has 2 amide bonds. The van der Waals surface area contributed by atoms with E-state index in [0.717, 1.165) is 0 Å². The topological polar surface area (TPSA) is 87.7 Å². The van der Waals surface area contributed by atoms with E-state index in [9.17, 15) is 9.59 Å². The molecule has 1 aromatic rings. The average Bonchev–Trinajstić information content (AvgIpc) is 2.55. The zero-order valence-corrected chi connectivity index (χ0v) is 12.9. The summed E-state index contributed by atoms with van der Waals surface area (Å²) in [6.07, 6.45) is 1.37. The molecule has 0 saturated carbocycles. The summed E-state index contributed by atoms with van der Waals surface area (Å²) in [5, 5.41) is 3.07. The molecule has 2 rings (SSSR count). The van der Waals surface area contributed by atoms with E-state index in [1.165, 1.54) is 6.33 Å². The van der Waals surface area contributed by atoms with Gasteiger partial charge in [0.05, 0.1) is 6.61 Å². The molecule has 1 N–H and O–H groups in total. The number of aromatic nitrogens is 2. The lowest BCUT2D eigenvalue weighted by atomic mass is 10.2. The number of nitrogens with zero attached hydrogens (tertiary/aromatic N) is 4. The Balaban J connectivity index is 1.95. The van der Waals surface area contributed by atoms with Gasteiger partial charge in [0.15, 0.2) is 0 Å². The molecule has 120 valence electrons. The normalized spacial score (nSPS) is 14.8. The van der Waals surface area contributed by atoms with Crippen LogP contribution in [0.1, 0.15) is 17.4 Å². The summed E-state index contributed by atoms with van der Waals surface area (Å²) in [7, 11) is 1.62. The standard InChI is InChI=1S/C14H21N5O3/c1-11(20)18-4-6-19(7-5-18)14(21)12-9-13(17-10-16-12)15-3-8-22-2/h9-10H,3-8H2,1-2H3,(H,15,16,17). The number of anilines is 1. The van der Waals surface area contributed by atoms with E-state index in [-0.39, 0.29) is 11.8 Å². The van der Waals surface area contributed by atoms with Crippen molar-refractivity contribution in [1.29, 1.82) is 0 Å². The van der Waals surface area contributed by atoms with Crippen LogP contribution >= 0.6 is 0 Å². The van der Waals surface area contributed by atoms with E-state index < -0.39 is 0 Å². The number of ether oxygens (including phenoxy) is 1. The van der Waals surface area contributed by atoms with Crippen LogP contribution in [-0.4, -0.2) is 78.0 Å². The van der Waals surface area contributed by atoms with E-state index >= 15 is 0 Å². The first-order valence-corrected chi connectivity index (χ1v) is 7.21. The van der Waals surface area contributed by atoms with E-state index in [0.29, 0.717) is 50.8 Å². The Morgan fingerprint density at radius 1 is 1.23 bits per heavy atom. The summed E-state index contributed by atoms with van der Waals surface area (Å²) in [5.74, 6) is 0.497. The highest BCUT2D eigenvalue weighted by atomic mass is 16.5. The molecule has 1 fully saturated rings. The molecule has 2 heterocycles. The smallest absolute Gasteiger partial charge is 0.272 e. The van der Waals surface area contributed by atoms with Crippen molar-refractivity contribution in [2.45, 2.75) is 6.92 Å². The minimum atomic E-state index is -0.139. The Labute approximate surface area is 129 Å². The maximum absolute atomic E-state index is 12.4. The molecule has 0 bridgehead atoms. The molecule has 1 saturated heterocycles. The van der Waals surface area contributed by atoms with Gasteiger partial charge in [0.1, 0.15) is 17.8 Å². The van der Waals surface area contributed by atoms with Gasteiger partial charge in [0.2, 0.25) is 5.91 Å². The summed E-state index contributed by atoms with van der Waals surface area (Å²) in [6, 6.07) is 1.63.